The molecule has 0 bridgehead atoms. The van der Waals surface area contributed by atoms with Gasteiger partial charge in [-0.3, -0.25) is 9.59 Å². The lowest BCUT2D eigenvalue weighted by atomic mass is 10.2. The molecule has 0 radical (unpaired) electrons. The smallest absolute Gasteiger partial charge is 0.332 e. The van der Waals surface area contributed by atoms with Gasteiger partial charge in [0.2, 0.25) is 11.8 Å². The first-order valence-corrected chi connectivity index (χ1v) is 4.98. The first-order chi connectivity index (χ1) is 7.50. The Morgan fingerprint density at radius 3 is 2.75 bits per heavy atom. The summed E-state index contributed by atoms with van der Waals surface area (Å²) in [5.41, 5.74) is 0. The number of carbonyl (C=O) groups is 3. The number of amides is 2. The summed E-state index contributed by atoms with van der Waals surface area (Å²) in [5.74, 6) is -1.82. The molecule has 7 nitrogen and oxygen atoms in total. The number of aliphatic hydroxyl groups excluding tert-OH is 1. The van der Waals surface area contributed by atoms with Crippen molar-refractivity contribution in [2.75, 3.05) is 6.54 Å². The van der Waals surface area contributed by atoms with Crippen LogP contribution >= 0.6 is 0 Å². The van der Waals surface area contributed by atoms with Crippen molar-refractivity contribution in [2.24, 2.45) is 0 Å². The minimum atomic E-state index is -1.47. The van der Waals surface area contributed by atoms with Crippen molar-refractivity contribution >= 4 is 17.8 Å². The fraction of sp³-hybridized carbons (Fsp3) is 0.667. The summed E-state index contributed by atoms with van der Waals surface area (Å²) in [5, 5.41) is 22.2. The molecule has 0 aromatic carbocycles. The Labute approximate surface area is 91.8 Å². The molecule has 0 aromatic rings. The zero-order chi connectivity index (χ0) is 12.1. The molecule has 1 aliphatic heterocycles. The van der Waals surface area contributed by atoms with E-state index in [1.807, 2.05) is 0 Å². The standard InChI is InChI=1S/C9H14N2O5/c12-6(9(15)16)3-4-10-8(14)5-1-2-7(13)11-5/h5-6,12H,1-4H2,(H,10,14)(H,11,13)(H,15,16)/t5-,6+/m1/s1. The highest BCUT2D eigenvalue weighted by Crippen LogP contribution is 2.06. The molecule has 1 heterocycles. The first-order valence-electron chi connectivity index (χ1n) is 4.98. The first kappa shape index (κ1) is 12.4. The Kier molecular flexibility index (Phi) is 4.24. The van der Waals surface area contributed by atoms with Crippen LogP contribution in [0, 0.1) is 0 Å². The largest absolute Gasteiger partial charge is 0.479 e. The molecule has 1 aliphatic rings. The highest BCUT2D eigenvalue weighted by atomic mass is 16.4. The second-order valence-corrected chi connectivity index (χ2v) is 3.59. The van der Waals surface area contributed by atoms with Crippen LogP contribution in [0.1, 0.15) is 19.3 Å². The van der Waals surface area contributed by atoms with Crippen LogP contribution in [0.15, 0.2) is 0 Å². The molecule has 0 unspecified atom stereocenters. The zero-order valence-electron chi connectivity index (χ0n) is 8.60. The molecule has 1 rings (SSSR count). The van der Waals surface area contributed by atoms with Gasteiger partial charge in [-0.25, -0.2) is 4.79 Å². The molecule has 0 spiro atoms. The molecular weight excluding hydrogens is 216 g/mol. The number of carboxylic acids is 1. The van der Waals surface area contributed by atoms with Gasteiger partial charge in [0, 0.05) is 19.4 Å². The van der Waals surface area contributed by atoms with Gasteiger partial charge in [0.25, 0.3) is 0 Å². The maximum absolute atomic E-state index is 11.4. The molecule has 4 N–H and O–H groups in total. The van der Waals surface area contributed by atoms with Gasteiger partial charge in [-0.1, -0.05) is 0 Å². The number of hydrogen-bond donors (Lipinski definition) is 4. The lowest BCUT2D eigenvalue weighted by Crippen LogP contribution is -2.42. The summed E-state index contributed by atoms with van der Waals surface area (Å²) in [6, 6.07) is -0.533. The quantitative estimate of drug-likeness (QED) is 0.445. The predicted molar refractivity (Wildman–Crippen MR) is 52.4 cm³/mol. The van der Waals surface area contributed by atoms with E-state index in [0.29, 0.717) is 12.8 Å². The average Bonchev–Trinajstić information content (AvgIpc) is 2.64. The van der Waals surface area contributed by atoms with Gasteiger partial charge in [0.1, 0.15) is 6.04 Å². The molecule has 2 atom stereocenters. The van der Waals surface area contributed by atoms with E-state index in [4.69, 9.17) is 10.2 Å². The maximum Gasteiger partial charge on any atom is 0.332 e. The van der Waals surface area contributed by atoms with Gasteiger partial charge >= 0.3 is 5.97 Å². The molecular formula is C9H14N2O5. The number of carbonyl (C=O) groups excluding carboxylic acids is 2. The van der Waals surface area contributed by atoms with Gasteiger partial charge in [0.05, 0.1) is 0 Å². The SMILES string of the molecule is O=C1CC[C@H](C(=O)NCC[C@H](O)C(=O)O)N1. The second kappa shape index (κ2) is 5.45. The molecule has 0 aromatic heterocycles. The van der Waals surface area contributed by atoms with Crippen molar-refractivity contribution in [3.05, 3.63) is 0 Å². The van der Waals surface area contributed by atoms with Gasteiger partial charge in [0.15, 0.2) is 6.10 Å². The monoisotopic (exact) mass is 230 g/mol. The van der Waals surface area contributed by atoms with Crippen LogP contribution in [-0.4, -0.2) is 46.7 Å². The van der Waals surface area contributed by atoms with E-state index in [9.17, 15) is 14.4 Å². The number of rotatable bonds is 5. The van der Waals surface area contributed by atoms with Crippen LogP contribution < -0.4 is 10.6 Å². The molecule has 2 amide bonds. The third kappa shape index (κ3) is 3.50. The molecule has 7 heteroatoms. The van der Waals surface area contributed by atoms with E-state index in [0.717, 1.165) is 0 Å². The topological polar surface area (TPSA) is 116 Å². The van der Waals surface area contributed by atoms with Crippen molar-refractivity contribution in [3.63, 3.8) is 0 Å². The van der Waals surface area contributed by atoms with Crippen LogP contribution in [0.5, 0.6) is 0 Å². The summed E-state index contributed by atoms with van der Waals surface area (Å²) in [6.07, 6.45) is -0.748. The van der Waals surface area contributed by atoms with E-state index >= 15 is 0 Å². The Hall–Kier alpha value is -1.63. The van der Waals surface area contributed by atoms with E-state index < -0.39 is 18.1 Å². The van der Waals surface area contributed by atoms with Crippen molar-refractivity contribution in [2.45, 2.75) is 31.4 Å². The normalized spacial score (nSPS) is 21.3. The highest BCUT2D eigenvalue weighted by Gasteiger charge is 2.26. The van der Waals surface area contributed by atoms with Gasteiger partial charge in [-0.05, 0) is 6.42 Å². The summed E-state index contributed by atoms with van der Waals surface area (Å²) in [6.45, 7) is 0.0681. The van der Waals surface area contributed by atoms with Crippen LogP contribution in [-0.2, 0) is 14.4 Å². The van der Waals surface area contributed by atoms with Crippen LogP contribution in [0.4, 0.5) is 0 Å². The summed E-state index contributed by atoms with van der Waals surface area (Å²) in [4.78, 5) is 32.5. The lowest BCUT2D eigenvalue weighted by Gasteiger charge is -2.11. The summed E-state index contributed by atoms with van der Waals surface area (Å²) >= 11 is 0. The van der Waals surface area contributed by atoms with Gasteiger partial charge < -0.3 is 20.8 Å². The lowest BCUT2D eigenvalue weighted by molar-refractivity contribution is -0.147. The van der Waals surface area contributed by atoms with Crippen molar-refractivity contribution in [1.82, 2.24) is 10.6 Å². The predicted octanol–water partition coefficient (Wildman–Crippen LogP) is -1.78. The number of nitrogens with one attached hydrogen (secondary N) is 2. The molecule has 1 fully saturated rings. The number of aliphatic hydroxyl groups is 1. The van der Waals surface area contributed by atoms with E-state index in [1.165, 1.54) is 0 Å². The molecule has 90 valence electrons. The van der Waals surface area contributed by atoms with Crippen molar-refractivity contribution < 1.29 is 24.6 Å². The summed E-state index contributed by atoms with van der Waals surface area (Å²) < 4.78 is 0. The third-order valence-corrected chi connectivity index (χ3v) is 2.31. The van der Waals surface area contributed by atoms with E-state index in [-0.39, 0.29) is 24.8 Å². The Bertz CT molecular complexity index is 304. The van der Waals surface area contributed by atoms with Crippen molar-refractivity contribution in [1.29, 1.82) is 0 Å². The van der Waals surface area contributed by atoms with Gasteiger partial charge in [-0.15, -0.1) is 0 Å². The molecule has 1 saturated heterocycles. The Balaban J connectivity index is 2.20. The third-order valence-electron chi connectivity index (χ3n) is 2.31. The average molecular weight is 230 g/mol. The van der Waals surface area contributed by atoms with Crippen molar-refractivity contribution in [3.8, 4) is 0 Å². The summed E-state index contributed by atoms with van der Waals surface area (Å²) in [7, 11) is 0. The van der Waals surface area contributed by atoms with E-state index in [1.54, 1.807) is 0 Å². The number of hydrogen-bond acceptors (Lipinski definition) is 4. The highest BCUT2D eigenvalue weighted by molar-refractivity contribution is 5.90. The fourth-order valence-electron chi connectivity index (χ4n) is 1.39. The minimum absolute atomic E-state index is 0.0538. The minimum Gasteiger partial charge on any atom is -0.479 e. The Morgan fingerprint density at radius 2 is 2.25 bits per heavy atom. The molecule has 0 aliphatic carbocycles. The second-order valence-electron chi connectivity index (χ2n) is 3.59. The molecule has 16 heavy (non-hydrogen) atoms. The van der Waals surface area contributed by atoms with Crippen LogP contribution in [0.2, 0.25) is 0 Å². The van der Waals surface area contributed by atoms with E-state index in [2.05, 4.69) is 10.6 Å². The van der Waals surface area contributed by atoms with Crippen LogP contribution in [0.3, 0.4) is 0 Å². The zero-order valence-corrected chi connectivity index (χ0v) is 8.60. The Morgan fingerprint density at radius 1 is 1.56 bits per heavy atom. The van der Waals surface area contributed by atoms with Gasteiger partial charge in [-0.2, -0.15) is 0 Å². The van der Waals surface area contributed by atoms with Crippen LogP contribution in [0.25, 0.3) is 0 Å². The maximum atomic E-state index is 11.4. The fourth-order valence-corrected chi connectivity index (χ4v) is 1.39. The number of aliphatic carboxylic acids is 1. The molecule has 0 saturated carbocycles. The number of carboxylic acid groups (broad SMARTS) is 1.